The highest BCUT2D eigenvalue weighted by Crippen LogP contribution is 2.44. The molecule has 0 aliphatic heterocycles. The number of rotatable bonds is 5. The lowest BCUT2D eigenvalue weighted by atomic mass is 10.1. The van der Waals surface area contributed by atoms with Crippen LogP contribution >= 0.6 is 0 Å². The van der Waals surface area contributed by atoms with Crippen molar-refractivity contribution in [3.8, 4) is 0 Å². The minimum atomic E-state index is -5.63. The van der Waals surface area contributed by atoms with Crippen LogP contribution in [0.2, 0.25) is 0 Å². The predicted molar refractivity (Wildman–Crippen MR) is 55.5 cm³/mol. The van der Waals surface area contributed by atoms with Crippen molar-refractivity contribution in [2.75, 3.05) is 6.54 Å². The number of halogens is 5. The van der Waals surface area contributed by atoms with Crippen LogP contribution in [0.5, 0.6) is 0 Å². The molecule has 7 heteroatoms. The fraction of sp³-hybridized carbons (Fsp3) is 0.636. The third-order valence-electron chi connectivity index (χ3n) is 2.38. The molecule has 0 amide bonds. The normalized spacial score (nSPS) is 14.8. The Hall–Kier alpha value is -1.11. The van der Waals surface area contributed by atoms with Gasteiger partial charge in [-0.05, 0) is 32.0 Å². The Balaban J connectivity index is 3.05. The second-order valence-corrected chi connectivity index (χ2v) is 3.96. The van der Waals surface area contributed by atoms with Crippen molar-refractivity contribution in [1.82, 2.24) is 5.32 Å². The molecule has 18 heavy (non-hydrogen) atoms. The smallest absolute Gasteiger partial charge is 0.455 e. The van der Waals surface area contributed by atoms with Gasteiger partial charge in [-0.15, -0.1) is 0 Å². The van der Waals surface area contributed by atoms with E-state index in [1.807, 2.05) is 0 Å². The Morgan fingerprint density at radius 1 is 1.22 bits per heavy atom. The molecule has 1 rings (SSSR count). The predicted octanol–water partition coefficient (Wildman–Crippen LogP) is 3.83. The molecule has 0 spiro atoms. The van der Waals surface area contributed by atoms with Gasteiger partial charge in [0.25, 0.3) is 0 Å². The SMILES string of the molecule is CCCNC(c1ccc(C)o1)C(F)(F)C(F)(F)F. The number of aryl methyl sites for hydroxylation is 1. The van der Waals surface area contributed by atoms with Crippen LogP contribution in [0.1, 0.15) is 30.9 Å². The van der Waals surface area contributed by atoms with Crippen molar-refractivity contribution in [2.24, 2.45) is 0 Å². The first kappa shape index (κ1) is 14.9. The molecule has 1 heterocycles. The molecule has 0 saturated carbocycles. The van der Waals surface area contributed by atoms with E-state index in [0.29, 0.717) is 6.42 Å². The summed E-state index contributed by atoms with van der Waals surface area (Å²) in [6, 6.07) is 0.274. The monoisotopic (exact) mass is 271 g/mol. The van der Waals surface area contributed by atoms with Gasteiger partial charge in [-0.3, -0.25) is 0 Å². The van der Waals surface area contributed by atoms with Gasteiger partial charge in [0.1, 0.15) is 17.6 Å². The third kappa shape index (κ3) is 3.01. The molecule has 0 aliphatic rings. The van der Waals surface area contributed by atoms with Crippen molar-refractivity contribution >= 4 is 0 Å². The summed E-state index contributed by atoms with van der Waals surface area (Å²) in [5, 5.41) is 2.18. The Bertz CT molecular complexity index is 385. The third-order valence-corrected chi connectivity index (χ3v) is 2.38. The van der Waals surface area contributed by atoms with Crippen LogP contribution in [0.15, 0.2) is 16.5 Å². The second kappa shape index (κ2) is 5.26. The number of hydrogen-bond acceptors (Lipinski definition) is 2. The van der Waals surface area contributed by atoms with E-state index in [1.54, 1.807) is 6.92 Å². The second-order valence-electron chi connectivity index (χ2n) is 3.96. The highest BCUT2D eigenvalue weighted by Gasteiger charge is 2.63. The maximum absolute atomic E-state index is 13.4. The molecule has 1 aromatic heterocycles. The maximum Gasteiger partial charge on any atom is 0.455 e. The van der Waals surface area contributed by atoms with Gasteiger partial charge in [0.2, 0.25) is 0 Å². The Morgan fingerprint density at radius 3 is 2.22 bits per heavy atom. The van der Waals surface area contributed by atoms with E-state index >= 15 is 0 Å². The molecule has 0 radical (unpaired) electrons. The molecular formula is C11H14F5NO. The van der Waals surface area contributed by atoms with Gasteiger partial charge in [-0.2, -0.15) is 22.0 Å². The van der Waals surface area contributed by atoms with Gasteiger partial charge in [0.15, 0.2) is 0 Å². The molecule has 104 valence electrons. The average Bonchev–Trinajstić information content (AvgIpc) is 2.63. The molecule has 1 unspecified atom stereocenters. The van der Waals surface area contributed by atoms with Gasteiger partial charge in [-0.1, -0.05) is 6.92 Å². The molecule has 0 fully saturated rings. The van der Waals surface area contributed by atoms with E-state index in [0.717, 1.165) is 6.07 Å². The molecule has 0 aromatic carbocycles. The first-order valence-corrected chi connectivity index (χ1v) is 5.44. The van der Waals surface area contributed by atoms with Crippen LogP contribution in [0.3, 0.4) is 0 Å². The standard InChI is InChI=1S/C11H14F5NO/c1-3-6-17-9(8-5-4-7(2)18-8)10(12,13)11(14,15)16/h4-5,9,17H,3,6H2,1-2H3. The van der Waals surface area contributed by atoms with Crippen molar-refractivity contribution in [3.63, 3.8) is 0 Å². The molecule has 0 bridgehead atoms. The van der Waals surface area contributed by atoms with E-state index in [9.17, 15) is 22.0 Å². The van der Waals surface area contributed by atoms with Gasteiger partial charge in [-0.25, -0.2) is 0 Å². The summed E-state index contributed by atoms with van der Waals surface area (Å²) >= 11 is 0. The Morgan fingerprint density at radius 2 is 1.83 bits per heavy atom. The number of nitrogens with one attached hydrogen (secondary N) is 1. The average molecular weight is 271 g/mol. The van der Waals surface area contributed by atoms with Crippen LogP contribution in [0.25, 0.3) is 0 Å². The molecule has 1 aromatic rings. The number of furan rings is 1. The van der Waals surface area contributed by atoms with Crippen molar-refractivity contribution in [1.29, 1.82) is 0 Å². The highest BCUT2D eigenvalue weighted by atomic mass is 19.4. The first-order valence-electron chi connectivity index (χ1n) is 5.44. The van der Waals surface area contributed by atoms with Crippen LogP contribution in [-0.2, 0) is 0 Å². The Labute approximate surface area is 101 Å². The van der Waals surface area contributed by atoms with Crippen molar-refractivity contribution in [3.05, 3.63) is 23.7 Å². The summed E-state index contributed by atoms with van der Waals surface area (Å²) in [7, 11) is 0. The zero-order valence-electron chi connectivity index (χ0n) is 9.94. The largest absolute Gasteiger partial charge is 0.464 e. The van der Waals surface area contributed by atoms with Crippen LogP contribution in [0.4, 0.5) is 22.0 Å². The topological polar surface area (TPSA) is 25.2 Å². The fourth-order valence-electron chi connectivity index (χ4n) is 1.47. The quantitative estimate of drug-likeness (QED) is 0.823. The molecule has 1 atom stereocenters. The van der Waals surface area contributed by atoms with Crippen LogP contribution in [0, 0.1) is 6.92 Å². The fourth-order valence-corrected chi connectivity index (χ4v) is 1.47. The van der Waals surface area contributed by atoms with Gasteiger partial charge >= 0.3 is 12.1 Å². The van der Waals surface area contributed by atoms with Crippen LogP contribution in [-0.4, -0.2) is 18.6 Å². The van der Waals surface area contributed by atoms with E-state index < -0.39 is 23.9 Å². The van der Waals surface area contributed by atoms with Gasteiger partial charge in [0.05, 0.1) is 0 Å². The summed E-state index contributed by atoms with van der Waals surface area (Å²) in [6.07, 6.45) is -5.19. The van der Waals surface area contributed by atoms with Crippen molar-refractivity contribution in [2.45, 2.75) is 38.4 Å². The molecular weight excluding hydrogens is 257 g/mol. The summed E-state index contributed by atoms with van der Waals surface area (Å²) in [5.74, 6) is -5.01. The Kier molecular flexibility index (Phi) is 4.37. The summed E-state index contributed by atoms with van der Waals surface area (Å²) < 4.78 is 68.7. The van der Waals surface area contributed by atoms with Gasteiger partial charge in [0, 0.05) is 0 Å². The molecule has 2 nitrogen and oxygen atoms in total. The lowest BCUT2D eigenvalue weighted by Crippen LogP contribution is -2.48. The van der Waals surface area contributed by atoms with Crippen molar-refractivity contribution < 1.29 is 26.4 Å². The zero-order valence-corrected chi connectivity index (χ0v) is 9.94. The first-order chi connectivity index (χ1) is 8.20. The van der Waals surface area contributed by atoms with E-state index in [2.05, 4.69) is 5.32 Å². The molecule has 1 N–H and O–H groups in total. The zero-order chi connectivity index (χ0) is 14.0. The maximum atomic E-state index is 13.4. The van der Waals surface area contributed by atoms with Crippen LogP contribution < -0.4 is 5.32 Å². The molecule has 0 saturated heterocycles. The lowest BCUT2D eigenvalue weighted by molar-refractivity contribution is -0.295. The highest BCUT2D eigenvalue weighted by molar-refractivity contribution is 5.13. The minimum Gasteiger partial charge on any atom is -0.464 e. The van der Waals surface area contributed by atoms with E-state index in [-0.39, 0.29) is 12.3 Å². The molecule has 0 aliphatic carbocycles. The lowest BCUT2D eigenvalue weighted by Gasteiger charge is -2.28. The van der Waals surface area contributed by atoms with Gasteiger partial charge < -0.3 is 9.73 Å². The van der Waals surface area contributed by atoms with E-state index in [4.69, 9.17) is 4.42 Å². The number of alkyl halides is 5. The summed E-state index contributed by atoms with van der Waals surface area (Å²) in [4.78, 5) is 0. The number of hydrogen-bond donors (Lipinski definition) is 1. The summed E-state index contributed by atoms with van der Waals surface area (Å²) in [5.41, 5.74) is 0. The summed E-state index contributed by atoms with van der Waals surface area (Å²) in [6.45, 7) is 3.19. The van der Waals surface area contributed by atoms with E-state index in [1.165, 1.54) is 13.0 Å². The minimum absolute atomic E-state index is 0.0378.